The number of amides is 1. The SMILES string of the molecule is O=C(c1ccccn1)N(Cc1cnc2ccccn12)C1CC1. The van der Waals surface area contributed by atoms with Crippen LogP contribution in [0.5, 0.6) is 0 Å². The topological polar surface area (TPSA) is 50.5 Å². The predicted molar refractivity (Wildman–Crippen MR) is 82.3 cm³/mol. The van der Waals surface area contributed by atoms with Crippen LogP contribution in [-0.2, 0) is 6.54 Å². The van der Waals surface area contributed by atoms with Crippen LogP contribution in [0.1, 0.15) is 29.0 Å². The Balaban J connectivity index is 1.64. The average Bonchev–Trinajstić information content (AvgIpc) is 3.34. The van der Waals surface area contributed by atoms with Gasteiger partial charge < -0.3 is 9.30 Å². The van der Waals surface area contributed by atoms with Gasteiger partial charge in [-0.1, -0.05) is 12.1 Å². The minimum atomic E-state index is -0.00557. The summed E-state index contributed by atoms with van der Waals surface area (Å²) in [6, 6.07) is 11.7. The van der Waals surface area contributed by atoms with Gasteiger partial charge in [0, 0.05) is 18.4 Å². The van der Waals surface area contributed by atoms with Crippen molar-refractivity contribution < 1.29 is 4.79 Å². The van der Waals surface area contributed by atoms with Gasteiger partial charge in [-0.2, -0.15) is 0 Å². The predicted octanol–water partition coefficient (Wildman–Crippen LogP) is 2.53. The van der Waals surface area contributed by atoms with E-state index in [0.29, 0.717) is 18.3 Å². The highest BCUT2D eigenvalue weighted by atomic mass is 16.2. The number of imidazole rings is 1. The van der Waals surface area contributed by atoms with Crippen LogP contribution in [0.15, 0.2) is 55.0 Å². The highest BCUT2D eigenvalue weighted by Gasteiger charge is 2.34. The molecule has 0 unspecified atom stereocenters. The summed E-state index contributed by atoms with van der Waals surface area (Å²) >= 11 is 0. The van der Waals surface area contributed by atoms with E-state index < -0.39 is 0 Å². The van der Waals surface area contributed by atoms with Gasteiger partial charge in [0.1, 0.15) is 11.3 Å². The molecule has 22 heavy (non-hydrogen) atoms. The number of hydrogen-bond donors (Lipinski definition) is 0. The minimum Gasteiger partial charge on any atom is -0.328 e. The zero-order valence-corrected chi connectivity index (χ0v) is 12.1. The van der Waals surface area contributed by atoms with Gasteiger partial charge in [-0.25, -0.2) is 4.98 Å². The van der Waals surface area contributed by atoms with E-state index in [9.17, 15) is 4.79 Å². The van der Waals surface area contributed by atoms with E-state index in [-0.39, 0.29) is 5.91 Å². The summed E-state index contributed by atoms with van der Waals surface area (Å²) in [4.78, 5) is 23.2. The fraction of sp³-hybridized carbons (Fsp3) is 0.235. The Morgan fingerprint density at radius 1 is 1.18 bits per heavy atom. The molecule has 0 aliphatic heterocycles. The molecule has 0 aromatic carbocycles. The van der Waals surface area contributed by atoms with E-state index in [0.717, 1.165) is 24.2 Å². The molecule has 3 heterocycles. The van der Waals surface area contributed by atoms with Crippen LogP contribution in [0.2, 0.25) is 0 Å². The molecule has 4 rings (SSSR count). The lowest BCUT2D eigenvalue weighted by molar-refractivity contribution is 0.0721. The van der Waals surface area contributed by atoms with Crippen molar-refractivity contribution in [2.24, 2.45) is 0 Å². The zero-order chi connectivity index (χ0) is 14.9. The van der Waals surface area contributed by atoms with Gasteiger partial charge in [-0.05, 0) is 37.1 Å². The fourth-order valence-corrected chi connectivity index (χ4v) is 2.67. The van der Waals surface area contributed by atoms with E-state index in [4.69, 9.17) is 0 Å². The highest BCUT2D eigenvalue weighted by Crippen LogP contribution is 2.29. The normalized spacial score (nSPS) is 14.2. The van der Waals surface area contributed by atoms with Crippen molar-refractivity contribution in [1.29, 1.82) is 0 Å². The molecular weight excluding hydrogens is 276 g/mol. The molecule has 0 saturated heterocycles. The van der Waals surface area contributed by atoms with Crippen molar-refractivity contribution in [2.45, 2.75) is 25.4 Å². The quantitative estimate of drug-likeness (QED) is 0.742. The summed E-state index contributed by atoms with van der Waals surface area (Å²) in [6.45, 7) is 0.561. The third-order valence-electron chi connectivity index (χ3n) is 3.96. The van der Waals surface area contributed by atoms with Gasteiger partial charge in [-0.15, -0.1) is 0 Å². The number of pyridine rings is 2. The Kier molecular flexibility index (Phi) is 3.11. The maximum atomic E-state index is 12.7. The molecule has 1 fully saturated rings. The van der Waals surface area contributed by atoms with E-state index in [1.807, 2.05) is 52.0 Å². The lowest BCUT2D eigenvalue weighted by Gasteiger charge is -2.21. The van der Waals surface area contributed by atoms with Gasteiger partial charge in [-0.3, -0.25) is 9.78 Å². The Labute approximate surface area is 128 Å². The minimum absolute atomic E-state index is 0.00557. The van der Waals surface area contributed by atoms with Crippen molar-refractivity contribution in [3.63, 3.8) is 0 Å². The van der Waals surface area contributed by atoms with Gasteiger partial charge in [0.2, 0.25) is 0 Å². The summed E-state index contributed by atoms with van der Waals surface area (Å²) in [5.41, 5.74) is 2.42. The third kappa shape index (κ3) is 2.35. The molecule has 0 N–H and O–H groups in total. The first-order valence-corrected chi connectivity index (χ1v) is 7.46. The smallest absolute Gasteiger partial charge is 0.273 e. The Bertz CT molecular complexity index is 808. The summed E-state index contributed by atoms with van der Waals surface area (Å²) in [6.07, 6.45) is 7.61. The molecule has 1 amide bonds. The molecule has 1 saturated carbocycles. The molecule has 3 aromatic heterocycles. The first kappa shape index (κ1) is 13.0. The fourth-order valence-electron chi connectivity index (χ4n) is 2.67. The first-order chi connectivity index (χ1) is 10.8. The van der Waals surface area contributed by atoms with Crippen molar-refractivity contribution in [3.05, 3.63) is 66.4 Å². The number of carbonyl (C=O) groups is 1. The molecule has 5 nitrogen and oxygen atoms in total. The maximum Gasteiger partial charge on any atom is 0.273 e. The van der Waals surface area contributed by atoms with Crippen LogP contribution in [0, 0.1) is 0 Å². The molecule has 0 spiro atoms. The van der Waals surface area contributed by atoms with Crippen LogP contribution < -0.4 is 0 Å². The average molecular weight is 292 g/mol. The molecule has 1 aliphatic carbocycles. The van der Waals surface area contributed by atoms with E-state index >= 15 is 0 Å². The lowest BCUT2D eigenvalue weighted by Crippen LogP contribution is -2.33. The molecule has 0 atom stereocenters. The zero-order valence-electron chi connectivity index (χ0n) is 12.1. The molecule has 3 aromatic rings. The number of aromatic nitrogens is 3. The second kappa shape index (κ2) is 5.26. The molecule has 1 aliphatic rings. The van der Waals surface area contributed by atoms with Crippen LogP contribution >= 0.6 is 0 Å². The third-order valence-corrected chi connectivity index (χ3v) is 3.96. The summed E-state index contributed by atoms with van der Waals surface area (Å²) in [7, 11) is 0. The standard InChI is InChI=1S/C17H16N4O/c22-17(15-5-1-3-9-18-15)21(13-7-8-13)12-14-11-19-16-6-2-4-10-20(14)16/h1-6,9-11,13H,7-8,12H2. The Hall–Kier alpha value is -2.69. The Morgan fingerprint density at radius 3 is 2.82 bits per heavy atom. The van der Waals surface area contributed by atoms with Gasteiger partial charge in [0.15, 0.2) is 0 Å². The van der Waals surface area contributed by atoms with E-state index in [1.54, 1.807) is 12.3 Å². The largest absolute Gasteiger partial charge is 0.328 e. The second-order valence-electron chi connectivity index (χ2n) is 5.56. The van der Waals surface area contributed by atoms with Crippen molar-refractivity contribution in [1.82, 2.24) is 19.3 Å². The number of nitrogens with zero attached hydrogens (tertiary/aromatic N) is 4. The number of rotatable bonds is 4. The van der Waals surface area contributed by atoms with Gasteiger partial charge >= 0.3 is 0 Å². The molecule has 0 bridgehead atoms. The van der Waals surface area contributed by atoms with E-state index in [1.165, 1.54) is 0 Å². The molecule has 110 valence electrons. The summed E-state index contributed by atoms with van der Waals surface area (Å²) in [5.74, 6) is -0.00557. The van der Waals surface area contributed by atoms with Gasteiger partial charge in [0.05, 0.1) is 18.4 Å². The molecule has 0 radical (unpaired) electrons. The first-order valence-electron chi connectivity index (χ1n) is 7.46. The van der Waals surface area contributed by atoms with Crippen LogP contribution in [-0.4, -0.2) is 31.2 Å². The summed E-state index contributed by atoms with van der Waals surface area (Å²) in [5, 5.41) is 0. The number of hydrogen-bond acceptors (Lipinski definition) is 3. The summed E-state index contributed by atoms with van der Waals surface area (Å²) < 4.78 is 2.03. The molecular formula is C17H16N4O. The Morgan fingerprint density at radius 2 is 2.05 bits per heavy atom. The highest BCUT2D eigenvalue weighted by molar-refractivity contribution is 5.92. The van der Waals surface area contributed by atoms with E-state index in [2.05, 4.69) is 9.97 Å². The molecule has 5 heteroatoms. The maximum absolute atomic E-state index is 12.7. The monoisotopic (exact) mass is 292 g/mol. The lowest BCUT2D eigenvalue weighted by atomic mass is 10.3. The van der Waals surface area contributed by atoms with Gasteiger partial charge in [0.25, 0.3) is 5.91 Å². The van der Waals surface area contributed by atoms with Crippen molar-refractivity contribution in [2.75, 3.05) is 0 Å². The van der Waals surface area contributed by atoms with Crippen molar-refractivity contribution >= 4 is 11.6 Å². The van der Waals surface area contributed by atoms with Crippen LogP contribution in [0.4, 0.5) is 0 Å². The number of fused-ring (bicyclic) bond motifs is 1. The van der Waals surface area contributed by atoms with Crippen molar-refractivity contribution in [3.8, 4) is 0 Å². The van der Waals surface area contributed by atoms with Crippen LogP contribution in [0.3, 0.4) is 0 Å². The second-order valence-corrected chi connectivity index (χ2v) is 5.56. The van der Waals surface area contributed by atoms with Crippen LogP contribution in [0.25, 0.3) is 5.65 Å². The number of carbonyl (C=O) groups excluding carboxylic acids is 1.